The van der Waals surface area contributed by atoms with E-state index in [-0.39, 0.29) is 0 Å². The van der Waals surface area contributed by atoms with Gasteiger partial charge in [0.1, 0.15) is 36.6 Å². The maximum absolute atomic E-state index is 6.46. The van der Waals surface area contributed by atoms with Gasteiger partial charge in [0, 0.05) is 43.0 Å². The molecule has 0 saturated carbocycles. The van der Waals surface area contributed by atoms with Crippen LogP contribution in [0.2, 0.25) is 5.02 Å². The molecule has 0 atom stereocenters. The number of anilines is 3. The standard InChI is InChI=1S/C26H28ClN7O3/c27-21-12-18(2-3-24(21)37-15-19-4-5-29-16-30-19)33-26-20-13-22(28)25(14-23(20)31-17-32-26)36-9-1-6-34-7-10-35-11-8-34/h2-5,12-14,16-17H,1,6-11,15,28H2,(H,31,32,33). The fraction of sp³-hybridized carbons (Fsp3) is 0.308. The summed E-state index contributed by atoms with van der Waals surface area (Å²) in [7, 11) is 0. The van der Waals surface area contributed by atoms with Crippen LogP contribution in [0.15, 0.2) is 55.2 Å². The summed E-state index contributed by atoms with van der Waals surface area (Å²) < 4.78 is 17.2. The van der Waals surface area contributed by atoms with E-state index < -0.39 is 0 Å². The molecule has 2 aromatic heterocycles. The van der Waals surface area contributed by atoms with Crippen LogP contribution >= 0.6 is 11.6 Å². The van der Waals surface area contributed by atoms with Gasteiger partial charge in [0.25, 0.3) is 0 Å². The molecule has 1 saturated heterocycles. The van der Waals surface area contributed by atoms with Gasteiger partial charge in [0.05, 0.1) is 41.7 Å². The molecule has 1 fully saturated rings. The van der Waals surface area contributed by atoms with Crippen LogP contribution in [0.5, 0.6) is 11.5 Å². The quantitative estimate of drug-likeness (QED) is 0.233. The van der Waals surface area contributed by atoms with Gasteiger partial charge in [-0.2, -0.15) is 0 Å². The molecule has 0 radical (unpaired) electrons. The van der Waals surface area contributed by atoms with E-state index >= 15 is 0 Å². The normalized spacial score (nSPS) is 14.0. The Hall–Kier alpha value is -3.73. The Morgan fingerprint density at radius 1 is 1.00 bits per heavy atom. The van der Waals surface area contributed by atoms with Gasteiger partial charge in [0.2, 0.25) is 0 Å². The molecule has 192 valence electrons. The molecule has 3 N–H and O–H groups in total. The molecule has 0 amide bonds. The van der Waals surface area contributed by atoms with Crippen molar-refractivity contribution in [3.05, 3.63) is 66.0 Å². The number of hydrogen-bond donors (Lipinski definition) is 2. The molecular formula is C26H28ClN7O3. The average molecular weight is 522 g/mol. The Labute approximate surface area is 219 Å². The summed E-state index contributed by atoms with van der Waals surface area (Å²) in [6.45, 7) is 5.37. The summed E-state index contributed by atoms with van der Waals surface area (Å²) in [4.78, 5) is 19.2. The summed E-state index contributed by atoms with van der Waals surface area (Å²) in [5.74, 6) is 1.78. The number of halogens is 1. The van der Waals surface area contributed by atoms with E-state index in [0.717, 1.165) is 61.6 Å². The van der Waals surface area contributed by atoms with Crippen LogP contribution < -0.4 is 20.5 Å². The lowest BCUT2D eigenvalue weighted by molar-refractivity contribution is 0.0358. The van der Waals surface area contributed by atoms with Crippen molar-refractivity contribution in [2.45, 2.75) is 13.0 Å². The molecule has 11 heteroatoms. The van der Waals surface area contributed by atoms with Crippen LogP contribution in [0.1, 0.15) is 12.1 Å². The van der Waals surface area contributed by atoms with Crippen LogP contribution in [0.25, 0.3) is 10.9 Å². The molecule has 0 spiro atoms. The number of nitrogen functional groups attached to an aromatic ring is 1. The zero-order chi connectivity index (χ0) is 25.5. The molecule has 0 unspecified atom stereocenters. The lowest BCUT2D eigenvalue weighted by atomic mass is 10.2. The lowest BCUT2D eigenvalue weighted by Crippen LogP contribution is -2.37. The van der Waals surface area contributed by atoms with Crippen molar-refractivity contribution >= 4 is 39.7 Å². The van der Waals surface area contributed by atoms with Crippen LogP contribution in [-0.2, 0) is 11.3 Å². The minimum Gasteiger partial charge on any atom is -0.491 e. The first-order chi connectivity index (χ1) is 18.2. The van der Waals surface area contributed by atoms with Crippen LogP contribution in [0, 0.1) is 0 Å². The second-order valence-electron chi connectivity index (χ2n) is 8.55. The first-order valence-electron chi connectivity index (χ1n) is 12.1. The Kier molecular flexibility index (Phi) is 8.09. The Morgan fingerprint density at radius 2 is 1.89 bits per heavy atom. The highest BCUT2D eigenvalue weighted by molar-refractivity contribution is 6.32. The van der Waals surface area contributed by atoms with Crippen molar-refractivity contribution in [1.29, 1.82) is 0 Å². The van der Waals surface area contributed by atoms with Gasteiger partial charge in [-0.1, -0.05) is 11.6 Å². The van der Waals surface area contributed by atoms with Crippen LogP contribution in [0.3, 0.4) is 0 Å². The predicted octanol–water partition coefficient (Wildman–Crippen LogP) is 4.08. The zero-order valence-electron chi connectivity index (χ0n) is 20.3. The van der Waals surface area contributed by atoms with E-state index in [9.17, 15) is 0 Å². The minimum atomic E-state index is 0.294. The maximum atomic E-state index is 6.46. The number of ether oxygens (including phenoxy) is 3. The molecule has 10 nitrogen and oxygen atoms in total. The topological polar surface area (TPSA) is 121 Å². The maximum Gasteiger partial charge on any atom is 0.144 e. The summed E-state index contributed by atoms with van der Waals surface area (Å²) >= 11 is 6.46. The number of hydrogen-bond acceptors (Lipinski definition) is 10. The van der Waals surface area contributed by atoms with Crippen LogP contribution in [-0.4, -0.2) is 64.3 Å². The number of rotatable bonds is 10. The highest BCUT2D eigenvalue weighted by Gasteiger charge is 2.12. The molecular weight excluding hydrogens is 494 g/mol. The summed E-state index contributed by atoms with van der Waals surface area (Å²) in [6, 6.07) is 10.9. The van der Waals surface area contributed by atoms with E-state index in [1.807, 2.05) is 18.2 Å². The van der Waals surface area contributed by atoms with Crippen molar-refractivity contribution in [3.63, 3.8) is 0 Å². The molecule has 0 aliphatic carbocycles. The molecule has 1 aliphatic rings. The van der Waals surface area contributed by atoms with Crippen molar-refractivity contribution in [1.82, 2.24) is 24.8 Å². The van der Waals surface area contributed by atoms with Gasteiger partial charge in [-0.05, 0) is 36.8 Å². The molecule has 4 aromatic rings. The Bertz CT molecular complexity index is 1340. The van der Waals surface area contributed by atoms with E-state index in [0.29, 0.717) is 41.2 Å². The number of aromatic nitrogens is 4. The lowest BCUT2D eigenvalue weighted by Gasteiger charge is -2.26. The smallest absolute Gasteiger partial charge is 0.144 e. The molecule has 37 heavy (non-hydrogen) atoms. The van der Waals surface area contributed by atoms with E-state index in [1.54, 1.807) is 24.4 Å². The van der Waals surface area contributed by atoms with Gasteiger partial charge < -0.3 is 25.3 Å². The van der Waals surface area contributed by atoms with Gasteiger partial charge in [-0.3, -0.25) is 4.90 Å². The summed E-state index contributed by atoms with van der Waals surface area (Å²) in [5, 5.41) is 4.54. The van der Waals surface area contributed by atoms with Crippen molar-refractivity contribution in [2.24, 2.45) is 0 Å². The number of morpholine rings is 1. The highest BCUT2D eigenvalue weighted by atomic mass is 35.5. The van der Waals surface area contributed by atoms with E-state index in [4.69, 9.17) is 31.5 Å². The Balaban J connectivity index is 1.23. The van der Waals surface area contributed by atoms with Crippen molar-refractivity contribution in [2.75, 3.05) is 50.5 Å². The summed E-state index contributed by atoms with van der Waals surface area (Å²) in [5.41, 5.74) is 9.09. The third kappa shape index (κ3) is 6.53. The predicted molar refractivity (Wildman–Crippen MR) is 142 cm³/mol. The fourth-order valence-electron chi connectivity index (χ4n) is 4.01. The SMILES string of the molecule is Nc1cc2c(Nc3ccc(OCc4ccncn4)c(Cl)c3)ncnc2cc1OCCCN1CCOCC1. The third-order valence-corrected chi connectivity index (χ3v) is 6.26. The third-order valence-electron chi connectivity index (χ3n) is 5.96. The van der Waals surface area contributed by atoms with Crippen molar-refractivity contribution < 1.29 is 14.2 Å². The summed E-state index contributed by atoms with van der Waals surface area (Å²) in [6.07, 6.45) is 5.56. The molecule has 3 heterocycles. The number of nitrogens with one attached hydrogen (secondary N) is 1. The first kappa shape index (κ1) is 24.9. The largest absolute Gasteiger partial charge is 0.491 e. The molecule has 5 rings (SSSR count). The highest BCUT2D eigenvalue weighted by Crippen LogP contribution is 2.33. The van der Waals surface area contributed by atoms with Gasteiger partial charge in [-0.15, -0.1) is 0 Å². The second-order valence-corrected chi connectivity index (χ2v) is 8.95. The van der Waals surface area contributed by atoms with E-state index in [2.05, 4.69) is 30.2 Å². The number of benzene rings is 2. The molecule has 1 aliphatic heterocycles. The zero-order valence-corrected chi connectivity index (χ0v) is 21.0. The van der Waals surface area contributed by atoms with Crippen molar-refractivity contribution in [3.8, 4) is 11.5 Å². The average Bonchev–Trinajstić information content (AvgIpc) is 2.92. The first-order valence-corrected chi connectivity index (χ1v) is 12.4. The van der Waals surface area contributed by atoms with Crippen LogP contribution in [0.4, 0.5) is 17.2 Å². The molecule has 2 aromatic carbocycles. The Morgan fingerprint density at radius 3 is 2.70 bits per heavy atom. The fourth-order valence-corrected chi connectivity index (χ4v) is 4.24. The second kappa shape index (κ2) is 12.0. The van der Waals surface area contributed by atoms with E-state index in [1.165, 1.54) is 12.7 Å². The van der Waals surface area contributed by atoms with Gasteiger partial charge >= 0.3 is 0 Å². The number of nitrogens with zero attached hydrogens (tertiary/aromatic N) is 5. The van der Waals surface area contributed by atoms with Gasteiger partial charge in [-0.25, -0.2) is 19.9 Å². The monoisotopic (exact) mass is 521 g/mol. The molecule has 0 bridgehead atoms. The number of fused-ring (bicyclic) bond motifs is 1. The van der Waals surface area contributed by atoms with Gasteiger partial charge in [0.15, 0.2) is 0 Å². The number of nitrogens with two attached hydrogens (primary N) is 1. The minimum absolute atomic E-state index is 0.294.